The fourth-order valence-corrected chi connectivity index (χ4v) is 2.35. The predicted molar refractivity (Wildman–Crippen MR) is 97.0 cm³/mol. The molecule has 1 aromatic heterocycles. The van der Waals surface area contributed by atoms with Crippen LogP contribution in [-0.4, -0.2) is 46.3 Å². The highest BCUT2D eigenvalue weighted by molar-refractivity contribution is 5.92. The molecule has 25 heavy (non-hydrogen) atoms. The summed E-state index contributed by atoms with van der Waals surface area (Å²) in [5.74, 6) is 2.19. The Morgan fingerprint density at radius 1 is 1.08 bits per heavy atom. The Kier molecular flexibility index (Phi) is 6.05. The number of rotatable bonds is 7. The number of aromatic nitrogens is 1. The SMILES string of the molecule is COc1cc(CC(=O)Nc2ccc(N(C)C)nc2)cc(OC)c1OC. The molecule has 0 aliphatic carbocycles. The Bertz CT molecular complexity index is 705. The second-order valence-electron chi connectivity index (χ2n) is 5.56. The summed E-state index contributed by atoms with van der Waals surface area (Å²) >= 11 is 0. The Labute approximate surface area is 147 Å². The average Bonchev–Trinajstić information content (AvgIpc) is 2.61. The molecule has 1 aromatic carbocycles. The molecular formula is C18H23N3O4. The van der Waals surface area contributed by atoms with Crippen molar-refractivity contribution in [1.82, 2.24) is 4.98 Å². The zero-order valence-corrected chi connectivity index (χ0v) is 15.1. The van der Waals surface area contributed by atoms with Gasteiger partial charge in [0, 0.05) is 14.1 Å². The first-order valence-corrected chi connectivity index (χ1v) is 7.70. The summed E-state index contributed by atoms with van der Waals surface area (Å²) in [6, 6.07) is 7.17. The lowest BCUT2D eigenvalue weighted by molar-refractivity contribution is -0.115. The first kappa shape index (κ1) is 18.4. The number of nitrogens with one attached hydrogen (secondary N) is 1. The number of hydrogen-bond donors (Lipinski definition) is 1. The van der Waals surface area contributed by atoms with Gasteiger partial charge in [-0.15, -0.1) is 0 Å². The molecule has 0 aliphatic heterocycles. The van der Waals surface area contributed by atoms with Crippen LogP contribution in [0.3, 0.4) is 0 Å². The molecule has 7 heteroatoms. The number of carbonyl (C=O) groups is 1. The van der Waals surface area contributed by atoms with Crippen molar-refractivity contribution < 1.29 is 19.0 Å². The van der Waals surface area contributed by atoms with Gasteiger partial charge in [0.05, 0.1) is 39.6 Å². The minimum Gasteiger partial charge on any atom is -0.493 e. The lowest BCUT2D eigenvalue weighted by Gasteiger charge is -2.14. The lowest BCUT2D eigenvalue weighted by Crippen LogP contribution is -2.15. The molecule has 1 heterocycles. The van der Waals surface area contributed by atoms with Crippen molar-refractivity contribution in [3.8, 4) is 17.2 Å². The van der Waals surface area contributed by atoms with Gasteiger partial charge in [-0.05, 0) is 29.8 Å². The lowest BCUT2D eigenvalue weighted by atomic mass is 10.1. The normalized spacial score (nSPS) is 10.1. The van der Waals surface area contributed by atoms with Crippen LogP contribution in [0.4, 0.5) is 11.5 Å². The zero-order chi connectivity index (χ0) is 18.4. The van der Waals surface area contributed by atoms with E-state index in [1.165, 1.54) is 7.11 Å². The van der Waals surface area contributed by atoms with Gasteiger partial charge in [-0.2, -0.15) is 0 Å². The van der Waals surface area contributed by atoms with Gasteiger partial charge in [0.15, 0.2) is 11.5 Å². The summed E-state index contributed by atoms with van der Waals surface area (Å²) in [7, 11) is 8.44. The van der Waals surface area contributed by atoms with Crippen molar-refractivity contribution in [3.63, 3.8) is 0 Å². The third kappa shape index (κ3) is 4.53. The summed E-state index contributed by atoms with van der Waals surface area (Å²) in [4.78, 5) is 18.5. The maximum atomic E-state index is 12.3. The summed E-state index contributed by atoms with van der Waals surface area (Å²) in [6.07, 6.45) is 1.80. The third-order valence-electron chi connectivity index (χ3n) is 3.58. The van der Waals surface area contributed by atoms with Crippen LogP contribution in [0.5, 0.6) is 17.2 Å². The van der Waals surface area contributed by atoms with E-state index in [-0.39, 0.29) is 12.3 Å². The number of ether oxygens (including phenoxy) is 3. The van der Waals surface area contributed by atoms with Crippen LogP contribution in [0.25, 0.3) is 0 Å². The highest BCUT2D eigenvalue weighted by Crippen LogP contribution is 2.38. The fraction of sp³-hybridized carbons (Fsp3) is 0.333. The van der Waals surface area contributed by atoms with Crippen LogP contribution < -0.4 is 24.4 Å². The number of carbonyl (C=O) groups excluding carboxylic acids is 1. The van der Waals surface area contributed by atoms with E-state index in [1.54, 1.807) is 32.5 Å². The molecule has 0 aliphatic rings. The van der Waals surface area contributed by atoms with Crippen LogP contribution in [-0.2, 0) is 11.2 Å². The van der Waals surface area contributed by atoms with Crippen molar-refractivity contribution in [2.45, 2.75) is 6.42 Å². The first-order valence-electron chi connectivity index (χ1n) is 7.70. The van der Waals surface area contributed by atoms with Crippen molar-refractivity contribution in [2.75, 3.05) is 45.6 Å². The maximum absolute atomic E-state index is 12.3. The summed E-state index contributed by atoms with van der Waals surface area (Å²) in [6.45, 7) is 0. The Balaban J connectivity index is 2.12. The Hall–Kier alpha value is -2.96. The molecular weight excluding hydrogens is 322 g/mol. The maximum Gasteiger partial charge on any atom is 0.228 e. The molecule has 0 radical (unpaired) electrons. The number of hydrogen-bond acceptors (Lipinski definition) is 6. The molecule has 7 nitrogen and oxygen atoms in total. The first-order chi connectivity index (χ1) is 12.0. The monoisotopic (exact) mass is 345 g/mol. The van der Waals surface area contributed by atoms with Gasteiger partial charge in [-0.3, -0.25) is 4.79 Å². The standard InChI is InChI=1S/C18H23N3O4/c1-21(2)16-7-6-13(11-19-16)20-17(22)10-12-8-14(23-3)18(25-5)15(9-12)24-4/h6-9,11H,10H2,1-5H3,(H,20,22). The van der Waals surface area contributed by atoms with Crippen LogP contribution in [0.1, 0.15) is 5.56 Å². The molecule has 0 spiro atoms. The molecule has 0 bridgehead atoms. The van der Waals surface area contributed by atoms with Gasteiger partial charge in [0.25, 0.3) is 0 Å². The number of pyridine rings is 1. The Morgan fingerprint density at radius 2 is 1.72 bits per heavy atom. The van der Waals surface area contributed by atoms with Crippen molar-refractivity contribution in [3.05, 3.63) is 36.0 Å². The van der Waals surface area contributed by atoms with Crippen LogP contribution in [0, 0.1) is 0 Å². The number of amides is 1. The minimum absolute atomic E-state index is 0.159. The number of methoxy groups -OCH3 is 3. The highest BCUT2D eigenvalue weighted by Gasteiger charge is 2.15. The molecule has 134 valence electrons. The third-order valence-corrected chi connectivity index (χ3v) is 3.58. The second-order valence-corrected chi connectivity index (χ2v) is 5.56. The van der Waals surface area contributed by atoms with Gasteiger partial charge < -0.3 is 24.4 Å². The minimum atomic E-state index is -0.159. The van der Waals surface area contributed by atoms with E-state index in [4.69, 9.17) is 14.2 Å². The van der Waals surface area contributed by atoms with Crippen LogP contribution >= 0.6 is 0 Å². The molecule has 0 saturated heterocycles. The number of benzene rings is 1. The molecule has 0 fully saturated rings. The van der Waals surface area contributed by atoms with E-state index in [9.17, 15) is 4.79 Å². The van der Waals surface area contributed by atoms with Gasteiger partial charge in [0.1, 0.15) is 5.82 Å². The summed E-state index contributed by atoms with van der Waals surface area (Å²) in [5, 5.41) is 2.83. The largest absolute Gasteiger partial charge is 0.493 e. The quantitative estimate of drug-likeness (QED) is 0.830. The number of anilines is 2. The summed E-state index contributed by atoms with van der Waals surface area (Å²) in [5.41, 5.74) is 1.40. The van der Waals surface area contributed by atoms with Crippen molar-refractivity contribution in [1.29, 1.82) is 0 Å². The molecule has 0 unspecified atom stereocenters. The topological polar surface area (TPSA) is 72.9 Å². The molecule has 0 atom stereocenters. The van der Waals surface area contributed by atoms with E-state index in [0.717, 1.165) is 11.4 Å². The van der Waals surface area contributed by atoms with Gasteiger partial charge in [-0.25, -0.2) is 4.98 Å². The zero-order valence-electron chi connectivity index (χ0n) is 15.1. The van der Waals surface area contributed by atoms with E-state index < -0.39 is 0 Å². The summed E-state index contributed by atoms with van der Waals surface area (Å²) < 4.78 is 15.9. The van der Waals surface area contributed by atoms with E-state index in [2.05, 4.69) is 10.3 Å². The predicted octanol–water partition coefficient (Wildman–Crippen LogP) is 2.35. The molecule has 2 rings (SSSR count). The molecule has 2 aromatic rings. The number of nitrogens with zero attached hydrogens (tertiary/aromatic N) is 2. The van der Waals surface area contributed by atoms with Gasteiger partial charge in [0.2, 0.25) is 11.7 Å². The van der Waals surface area contributed by atoms with Crippen LogP contribution in [0.2, 0.25) is 0 Å². The molecule has 1 amide bonds. The average molecular weight is 345 g/mol. The molecule has 1 N–H and O–H groups in total. The molecule has 0 saturated carbocycles. The fourth-order valence-electron chi connectivity index (χ4n) is 2.35. The highest BCUT2D eigenvalue weighted by atomic mass is 16.5. The second kappa shape index (κ2) is 8.23. The van der Waals surface area contributed by atoms with Crippen LogP contribution in [0.15, 0.2) is 30.5 Å². The Morgan fingerprint density at radius 3 is 2.16 bits per heavy atom. The van der Waals surface area contributed by atoms with Gasteiger partial charge >= 0.3 is 0 Å². The van der Waals surface area contributed by atoms with Crippen molar-refractivity contribution in [2.24, 2.45) is 0 Å². The van der Waals surface area contributed by atoms with E-state index >= 15 is 0 Å². The smallest absolute Gasteiger partial charge is 0.228 e. The van der Waals surface area contributed by atoms with E-state index in [0.29, 0.717) is 22.9 Å². The van der Waals surface area contributed by atoms with E-state index in [1.807, 2.05) is 31.1 Å². The van der Waals surface area contributed by atoms with Gasteiger partial charge in [-0.1, -0.05) is 0 Å². The van der Waals surface area contributed by atoms with Crippen molar-refractivity contribution >= 4 is 17.4 Å².